The van der Waals surface area contributed by atoms with Gasteiger partial charge in [-0.1, -0.05) is 31.5 Å². The first-order chi connectivity index (χ1) is 7.59. The molecule has 0 aromatic heterocycles. The van der Waals surface area contributed by atoms with E-state index in [0.29, 0.717) is 17.5 Å². The van der Waals surface area contributed by atoms with Crippen molar-refractivity contribution in [2.75, 3.05) is 0 Å². The Bertz CT molecular complexity index is 418. The summed E-state index contributed by atoms with van der Waals surface area (Å²) in [4.78, 5) is 11.6. The van der Waals surface area contributed by atoms with E-state index < -0.39 is 11.8 Å². The number of benzene rings is 1. The fraction of sp³-hybridized carbons (Fsp3) is 0.417. The first-order valence-corrected chi connectivity index (χ1v) is 5.42. The van der Waals surface area contributed by atoms with Crippen molar-refractivity contribution < 1.29 is 15.0 Å². The van der Waals surface area contributed by atoms with Crippen LogP contribution in [-0.4, -0.2) is 22.2 Å². The van der Waals surface area contributed by atoms with E-state index in [4.69, 9.17) is 0 Å². The number of rotatable bonds is 3. The summed E-state index contributed by atoms with van der Waals surface area (Å²) in [5.41, 5.74) is -0.745. The summed E-state index contributed by atoms with van der Waals surface area (Å²) in [6, 6.07) is 6.77. The predicted octanol–water partition coefficient (Wildman–Crippen LogP) is 0.736. The van der Waals surface area contributed by atoms with Gasteiger partial charge in [-0.05, 0) is 12.5 Å². The van der Waals surface area contributed by atoms with Crippen LogP contribution >= 0.6 is 0 Å². The minimum Gasteiger partial charge on any atom is -0.388 e. The SMILES string of the molecule is CCCC(O)C1(O)NC(=O)c2ccccc21. The second kappa shape index (κ2) is 3.88. The van der Waals surface area contributed by atoms with E-state index in [9.17, 15) is 15.0 Å². The maximum absolute atomic E-state index is 11.6. The van der Waals surface area contributed by atoms with Crippen LogP contribution in [0.15, 0.2) is 24.3 Å². The van der Waals surface area contributed by atoms with Gasteiger partial charge in [-0.3, -0.25) is 4.79 Å². The van der Waals surface area contributed by atoms with Crippen LogP contribution in [0.5, 0.6) is 0 Å². The Morgan fingerprint density at radius 3 is 2.81 bits per heavy atom. The van der Waals surface area contributed by atoms with Crippen molar-refractivity contribution in [3.63, 3.8) is 0 Å². The second-order valence-corrected chi connectivity index (χ2v) is 4.07. The van der Waals surface area contributed by atoms with Gasteiger partial charge in [-0.2, -0.15) is 0 Å². The van der Waals surface area contributed by atoms with Gasteiger partial charge in [0.25, 0.3) is 5.91 Å². The Kier molecular flexibility index (Phi) is 2.69. The number of nitrogens with one attached hydrogen (secondary N) is 1. The molecule has 4 heteroatoms. The number of carbonyl (C=O) groups excluding carboxylic acids is 1. The highest BCUT2D eigenvalue weighted by atomic mass is 16.4. The average Bonchev–Trinajstić information content (AvgIpc) is 2.54. The van der Waals surface area contributed by atoms with Crippen LogP contribution in [0.25, 0.3) is 0 Å². The fourth-order valence-electron chi connectivity index (χ4n) is 2.07. The topological polar surface area (TPSA) is 69.6 Å². The Labute approximate surface area is 93.9 Å². The minimum atomic E-state index is -1.64. The third kappa shape index (κ3) is 1.50. The van der Waals surface area contributed by atoms with Crippen molar-refractivity contribution in [3.05, 3.63) is 35.4 Å². The van der Waals surface area contributed by atoms with Gasteiger partial charge in [0.2, 0.25) is 0 Å². The van der Waals surface area contributed by atoms with Crippen LogP contribution in [0.1, 0.15) is 35.7 Å². The number of aliphatic hydroxyl groups excluding tert-OH is 1. The lowest BCUT2D eigenvalue weighted by Crippen LogP contribution is -2.49. The summed E-state index contributed by atoms with van der Waals surface area (Å²) >= 11 is 0. The zero-order valence-corrected chi connectivity index (χ0v) is 9.10. The molecule has 4 nitrogen and oxygen atoms in total. The summed E-state index contributed by atoms with van der Waals surface area (Å²) in [5.74, 6) is -0.340. The highest BCUT2D eigenvalue weighted by Crippen LogP contribution is 2.33. The molecule has 0 saturated carbocycles. The van der Waals surface area contributed by atoms with Crippen molar-refractivity contribution in [2.45, 2.75) is 31.6 Å². The quantitative estimate of drug-likeness (QED) is 0.705. The van der Waals surface area contributed by atoms with Gasteiger partial charge in [-0.15, -0.1) is 0 Å². The normalized spacial score (nSPS) is 25.1. The van der Waals surface area contributed by atoms with Crippen molar-refractivity contribution in [1.29, 1.82) is 0 Å². The van der Waals surface area contributed by atoms with Crippen LogP contribution in [0.3, 0.4) is 0 Å². The van der Waals surface area contributed by atoms with Crippen LogP contribution in [0.2, 0.25) is 0 Å². The van der Waals surface area contributed by atoms with E-state index in [1.807, 2.05) is 6.92 Å². The highest BCUT2D eigenvalue weighted by molar-refractivity contribution is 5.99. The number of hydrogen-bond acceptors (Lipinski definition) is 3. The predicted molar refractivity (Wildman–Crippen MR) is 58.7 cm³/mol. The zero-order valence-electron chi connectivity index (χ0n) is 9.10. The number of aliphatic hydroxyl groups is 2. The molecule has 1 heterocycles. The fourth-order valence-corrected chi connectivity index (χ4v) is 2.07. The van der Waals surface area contributed by atoms with E-state index in [1.54, 1.807) is 24.3 Å². The second-order valence-electron chi connectivity index (χ2n) is 4.07. The first kappa shape index (κ1) is 11.1. The molecular formula is C12H15NO3. The molecule has 1 amide bonds. The molecule has 1 aromatic carbocycles. The Balaban J connectivity index is 2.42. The van der Waals surface area contributed by atoms with Gasteiger partial charge in [0.1, 0.15) is 6.10 Å². The zero-order chi connectivity index (χ0) is 11.8. The maximum atomic E-state index is 11.6. The molecule has 2 unspecified atom stereocenters. The standard InChI is InChI=1S/C12H15NO3/c1-2-5-10(14)12(16)9-7-4-3-6-8(9)11(15)13-12/h3-4,6-7,10,14,16H,2,5H2,1H3,(H,13,15). The van der Waals surface area contributed by atoms with Gasteiger partial charge < -0.3 is 15.5 Å². The molecule has 86 valence electrons. The van der Waals surface area contributed by atoms with Crippen molar-refractivity contribution in [1.82, 2.24) is 5.32 Å². The molecule has 3 N–H and O–H groups in total. The molecule has 0 radical (unpaired) electrons. The highest BCUT2D eigenvalue weighted by Gasteiger charge is 2.46. The third-order valence-electron chi connectivity index (χ3n) is 2.93. The lowest BCUT2D eigenvalue weighted by molar-refractivity contribution is -0.0953. The summed E-state index contributed by atoms with van der Waals surface area (Å²) < 4.78 is 0. The molecule has 2 atom stereocenters. The molecule has 0 bridgehead atoms. The van der Waals surface area contributed by atoms with Gasteiger partial charge in [0.05, 0.1) is 0 Å². The lowest BCUT2D eigenvalue weighted by atomic mass is 9.94. The molecule has 1 aliphatic rings. The Morgan fingerprint density at radius 2 is 2.12 bits per heavy atom. The molecule has 0 saturated heterocycles. The average molecular weight is 221 g/mol. The summed E-state index contributed by atoms with van der Waals surface area (Å²) in [6.07, 6.45) is 0.192. The largest absolute Gasteiger partial charge is 0.388 e. The summed E-state index contributed by atoms with van der Waals surface area (Å²) in [6.45, 7) is 1.91. The Hall–Kier alpha value is -1.39. The van der Waals surface area contributed by atoms with Crippen molar-refractivity contribution in [3.8, 4) is 0 Å². The number of carbonyl (C=O) groups is 1. The third-order valence-corrected chi connectivity index (χ3v) is 2.93. The molecule has 2 rings (SSSR count). The van der Waals surface area contributed by atoms with Gasteiger partial charge in [0.15, 0.2) is 5.72 Å². The molecule has 0 aliphatic carbocycles. The minimum absolute atomic E-state index is 0.340. The summed E-state index contributed by atoms with van der Waals surface area (Å²) in [5, 5.41) is 22.7. The van der Waals surface area contributed by atoms with Crippen LogP contribution in [-0.2, 0) is 5.72 Å². The van der Waals surface area contributed by atoms with Crippen LogP contribution in [0.4, 0.5) is 0 Å². The van der Waals surface area contributed by atoms with Gasteiger partial charge in [-0.25, -0.2) is 0 Å². The van der Waals surface area contributed by atoms with E-state index in [2.05, 4.69) is 5.32 Å². The number of hydrogen-bond donors (Lipinski definition) is 3. The maximum Gasteiger partial charge on any atom is 0.254 e. The van der Waals surface area contributed by atoms with Crippen LogP contribution in [0, 0.1) is 0 Å². The smallest absolute Gasteiger partial charge is 0.254 e. The lowest BCUT2D eigenvalue weighted by Gasteiger charge is -2.29. The van der Waals surface area contributed by atoms with Crippen molar-refractivity contribution in [2.24, 2.45) is 0 Å². The van der Waals surface area contributed by atoms with E-state index in [1.165, 1.54) is 0 Å². The molecule has 0 fully saturated rings. The van der Waals surface area contributed by atoms with Crippen LogP contribution < -0.4 is 5.32 Å². The molecule has 16 heavy (non-hydrogen) atoms. The number of amides is 1. The molecule has 0 spiro atoms. The molecular weight excluding hydrogens is 206 g/mol. The number of fused-ring (bicyclic) bond motifs is 1. The van der Waals surface area contributed by atoms with E-state index >= 15 is 0 Å². The molecule has 1 aromatic rings. The molecule has 1 aliphatic heterocycles. The monoisotopic (exact) mass is 221 g/mol. The Morgan fingerprint density at radius 1 is 1.44 bits per heavy atom. The van der Waals surface area contributed by atoms with Crippen molar-refractivity contribution >= 4 is 5.91 Å². The van der Waals surface area contributed by atoms with E-state index in [0.717, 1.165) is 6.42 Å². The van der Waals surface area contributed by atoms with E-state index in [-0.39, 0.29) is 5.91 Å². The summed E-state index contributed by atoms with van der Waals surface area (Å²) in [7, 11) is 0. The first-order valence-electron chi connectivity index (χ1n) is 5.42. The van der Waals surface area contributed by atoms with Gasteiger partial charge >= 0.3 is 0 Å². The van der Waals surface area contributed by atoms with Gasteiger partial charge in [0, 0.05) is 11.1 Å².